The third-order valence-electron chi connectivity index (χ3n) is 11.0. The third kappa shape index (κ3) is 32.2. The smallest absolute Gasteiger partial charge is 0.466 e. The van der Waals surface area contributed by atoms with Crippen LogP contribution in [0.5, 0.6) is 0 Å². The van der Waals surface area contributed by atoms with Crippen molar-refractivity contribution in [2.24, 2.45) is 5.73 Å². The Morgan fingerprint density at radius 2 is 0.978 bits per heavy atom. The molecule has 0 atom stereocenters. The van der Waals surface area contributed by atoms with Crippen molar-refractivity contribution < 1.29 is 79.4 Å². The molecule has 0 radical (unpaired) electrons. The van der Waals surface area contributed by atoms with Crippen LogP contribution in [0.25, 0.3) is 31.6 Å². The number of hydrogen-bond acceptors (Lipinski definition) is 24. The first-order valence-corrected chi connectivity index (χ1v) is 37.3. The van der Waals surface area contributed by atoms with Crippen LogP contribution in [0.1, 0.15) is 92.0 Å². The zero-order valence-electron chi connectivity index (χ0n) is 52.8. The van der Waals surface area contributed by atoms with Crippen LogP contribution in [0.3, 0.4) is 0 Å². The van der Waals surface area contributed by atoms with Gasteiger partial charge in [0.1, 0.15) is 18.9 Å². The van der Waals surface area contributed by atoms with Crippen molar-refractivity contribution in [1.29, 1.82) is 0 Å². The van der Waals surface area contributed by atoms with Gasteiger partial charge in [0.25, 0.3) is 0 Å². The summed E-state index contributed by atoms with van der Waals surface area (Å²) in [6.45, 7) is 17.5. The number of nitrogens with zero attached hydrogens (tertiary/aromatic N) is 4. The molecule has 0 bridgehead atoms. The minimum absolute atomic E-state index is 0.00690. The van der Waals surface area contributed by atoms with E-state index >= 15 is 0 Å². The fourth-order valence-electron chi connectivity index (χ4n) is 7.09. The summed E-state index contributed by atoms with van der Waals surface area (Å²) in [5.74, 6) is -1.09. The van der Waals surface area contributed by atoms with E-state index in [1.807, 2.05) is 68.4 Å². The number of aromatic nitrogens is 4. The van der Waals surface area contributed by atoms with Crippen molar-refractivity contribution in [3.8, 4) is 31.6 Å². The zero-order chi connectivity index (χ0) is 70.2. The molecule has 8 rings (SSSR count). The molecular formula is C61H73BBr3N5O17S6. The van der Waals surface area contributed by atoms with Crippen LogP contribution < -0.4 is 11.2 Å². The van der Waals surface area contributed by atoms with Gasteiger partial charge in [0.2, 0.25) is 0 Å². The minimum atomic E-state index is -3.28. The maximum absolute atomic E-state index is 11.8. The average molecular weight is 1590 g/mol. The van der Waals surface area contributed by atoms with Gasteiger partial charge >= 0.3 is 31.0 Å². The molecular weight excluding hydrogens is 1520 g/mol. The maximum Gasteiger partial charge on any atom is 0.488 e. The number of thiophene rings is 4. The SMILES string of the molecule is CC(=O)CC(=O)c1ccc(Br)s1.CC(=O)c1ccc(Br)s1.CCOC(=O)CCN.CCOC(=O)Cn1nc(C)cc1-c1ccc(-c2cccc(S(C)(=O)=O)c2)s1.CCOC(=O)Cn1nc(C)cc1-c1ccc(Br)s1.CCOC(C)=O.CS(=O)(=O)c1cccc(B(O)O)c1. The van der Waals surface area contributed by atoms with Gasteiger partial charge in [-0.2, -0.15) is 10.2 Å². The minimum Gasteiger partial charge on any atom is -0.466 e. The Labute approximate surface area is 583 Å². The summed E-state index contributed by atoms with van der Waals surface area (Å²) in [4.78, 5) is 80.8. The molecule has 6 aromatic heterocycles. The van der Waals surface area contributed by atoms with Crippen LogP contribution in [0.15, 0.2) is 130 Å². The molecule has 6 heterocycles. The Morgan fingerprint density at radius 3 is 1.37 bits per heavy atom. The lowest BCUT2D eigenvalue weighted by Crippen LogP contribution is -2.30. The molecule has 32 heteroatoms. The van der Waals surface area contributed by atoms with E-state index in [1.165, 1.54) is 78.4 Å². The van der Waals surface area contributed by atoms with Crippen LogP contribution in [0.2, 0.25) is 0 Å². The van der Waals surface area contributed by atoms with Gasteiger partial charge in [0.05, 0.1) is 103 Å². The summed E-state index contributed by atoms with van der Waals surface area (Å²) < 4.78 is 70.9. The third-order valence-corrected chi connectivity index (χ3v) is 19.4. The number of carbonyl (C=O) groups is 7. The van der Waals surface area contributed by atoms with Gasteiger partial charge in [-0.15, -0.1) is 45.3 Å². The highest BCUT2D eigenvalue weighted by Crippen LogP contribution is 2.36. The lowest BCUT2D eigenvalue weighted by atomic mass is 9.80. The number of ether oxygens (including phenoxy) is 4. The van der Waals surface area contributed by atoms with Gasteiger partial charge in [-0.05, 0) is 199 Å². The molecule has 4 N–H and O–H groups in total. The summed E-state index contributed by atoms with van der Waals surface area (Å²) in [5, 5.41) is 26.3. The van der Waals surface area contributed by atoms with Crippen molar-refractivity contribution in [1.82, 2.24) is 19.6 Å². The van der Waals surface area contributed by atoms with Crippen molar-refractivity contribution in [3.63, 3.8) is 0 Å². The summed E-state index contributed by atoms with van der Waals surface area (Å²) in [7, 11) is -8.18. The summed E-state index contributed by atoms with van der Waals surface area (Å²) in [5.41, 5.74) is 9.53. The number of esters is 4. The van der Waals surface area contributed by atoms with Crippen LogP contribution in [0.4, 0.5) is 0 Å². The number of rotatable bonds is 20. The fourth-order valence-corrected chi connectivity index (χ4v) is 13.5. The normalized spacial score (nSPS) is 10.4. The zero-order valence-corrected chi connectivity index (χ0v) is 62.5. The number of Topliss-reactive ketones (excluding diaryl/α,β-unsaturated/α-hetero) is 3. The molecule has 0 amide bonds. The highest BCUT2D eigenvalue weighted by molar-refractivity contribution is 9.11. The molecule has 0 saturated heterocycles. The number of halogens is 3. The predicted molar refractivity (Wildman–Crippen MR) is 376 cm³/mol. The summed E-state index contributed by atoms with van der Waals surface area (Å²) in [6.07, 6.45) is 2.60. The van der Waals surface area contributed by atoms with Crippen molar-refractivity contribution >= 4 is 167 Å². The molecule has 0 aliphatic carbocycles. The monoisotopic (exact) mass is 1590 g/mol. The molecule has 93 heavy (non-hydrogen) atoms. The number of sulfone groups is 2. The maximum atomic E-state index is 11.8. The quantitative estimate of drug-likeness (QED) is 0.0210. The standard InChI is InChI=1S/C19H20N2O4S2.C12H13BrN2O2S.C8H7BrO2S.C7H9BO4S.C6H5BrOS.C5H11NO2.C4H8O2/c1-4-25-19(22)12-21-16(10-13(2)20-21)18-9-8-17(26-18)14-6-5-7-15(11-14)27(3,23)24;1-3-17-12(16)7-15-9(6-8(2)14-15)10-4-5-11(13)18-10;1-5(10)4-6(11)7-2-3-8(9)12-7;1-13(11,12)7-4-2-3-6(5-7)8(9)10;1-4(8)5-2-3-6(7)9-5;1-2-8-5(7)3-4-6;1-3-6-4(2)5/h5-11H,4,12H2,1-3H3;4-6H,3,7H2,1-2H3;2-3H,4H2,1H3;2-5,9-10H,1H3;2-3H,1H3;2-4,6H2,1H3;3H2,1-2H3. The predicted octanol–water partition coefficient (Wildman–Crippen LogP) is 11.4. The van der Waals surface area contributed by atoms with E-state index < -0.39 is 26.8 Å². The van der Waals surface area contributed by atoms with Crippen LogP contribution in [0, 0.1) is 13.8 Å². The molecule has 0 aliphatic rings. The van der Waals surface area contributed by atoms with E-state index in [4.69, 9.17) is 25.3 Å². The lowest BCUT2D eigenvalue weighted by molar-refractivity contribution is -0.144. The first-order valence-electron chi connectivity index (χ1n) is 27.9. The second kappa shape index (κ2) is 42.3. The van der Waals surface area contributed by atoms with Crippen LogP contribution >= 0.6 is 93.1 Å². The summed E-state index contributed by atoms with van der Waals surface area (Å²) in [6, 6.07) is 31.4. The van der Waals surface area contributed by atoms with E-state index in [9.17, 15) is 50.4 Å². The molecule has 0 unspecified atom stereocenters. The topological polar surface area (TPSA) is 327 Å². The fraction of sp³-hybridized carbons (Fsp3) is 0.328. The van der Waals surface area contributed by atoms with E-state index in [-0.39, 0.29) is 76.0 Å². The van der Waals surface area contributed by atoms with Crippen molar-refractivity contribution in [2.45, 2.75) is 98.0 Å². The van der Waals surface area contributed by atoms with Gasteiger partial charge in [-0.25, -0.2) is 16.8 Å². The molecule has 504 valence electrons. The van der Waals surface area contributed by atoms with Gasteiger partial charge in [0, 0.05) is 30.9 Å². The number of carbonyl (C=O) groups excluding carboxylic acids is 7. The second-order valence-corrected chi connectivity index (χ2v) is 31.4. The molecule has 2 aromatic carbocycles. The van der Waals surface area contributed by atoms with Gasteiger partial charge < -0.3 is 34.7 Å². The molecule has 0 spiro atoms. The molecule has 0 aliphatic heterocycles. The van der Waals surface area contributed by atoms with Crippen molar-refractivity contribution in [3.05, 3.63) is 142 Å². The van der Waals surface area contributed by atoms with Gasteiger partial charge in [0.15, 0.2) is 31.2 Å². The first kappa shape index (κ1) is 82.9. The Morgan fingerprint density at radius 1 is 0.548 bits per heavy atom. The Balaban J connectivity index is 0.000000392. The Bertz CT molecular complexity index is 3960. The number of aryl methyl sites for hydroxylation is 2. The van der Waals surface area contributed by atoms with Gasteiger partial charge in [-0.3, -0.25) is 42.9 Å². The van der Waals surface area contributed by atoms with Crippen LogP contribution in [-0.4, -0.2) is 140 Å². The second-order valence-electron chi connectivity index (χ2n) is 18.9. The van der Waals surface area contributed by atoms with E-state index in [0.717, 1.165) is 65.5 Å². The number of nitrogens with two attached hydrogens (primary N) is 1. The van der Waals surface area contributed by atoms with Crippen LogP contribution in [-0.2, 0) is 75.7 Å². The first-order chi connectivity index (χ1) is 43.6. The lowest BCUT2D eigenvalue weighted by Gasteiger charge is -2.05. The number of hydrogen-bond donors (Lipinski definition) is 3. The van der Waals surface area contributed by atoms with E-state index in [0.29, 0.717) is 44.3 Å². The van der Waals surface area contributed by atoms with Gasteiger partial charge in [-0.1, -0.05) is 24.3 Å². The highest BCUT2D eigenvalue weighted by atomic mass is 79.9. The largest absolute Gasteiger partial charge is 0.488 e. The Kier molecular flexibility index (Phi) is 37.7. The molecule has 8 aromatic rings. The highest BCUT2D eigenvalue weighted by Gasteiger charge is 2.18. The number of ketones is 3. The van der Waals surface area contributed by atoms with E-state index in [1.54, 1.807) is 85.7 Å². The Hall–Kier alpha value is -6.17. The van der Waals surface area contributed by atoms with E-state index in [2.05, 4.69) is 67.5 Å². The summed E-state index contributed by atoms with van der Waals surface area (Å²) >= 11 is 15.9. The molecule has 0 fully saturated rings. The van der Waals surface area contributed by atoms with Crippen molar-refractivity contribution in [2.75, 3.05) is 45.5 Å². The average Bonchev–Trinajstić information content (AvgIpc) is 1.71. The molecule has 22 nitrogen and oxygen atoms in total. The molecule has 0 saturated carbocycles. The number of benzene rings is 2.